The number of nitrogens with one attached hydrogen (secondary N) is 2. The van der Waals surface area contributed by atoms with Crippen molar-refractivity contribution in [2.45, 2.75) is 19.8 Å². The lowest BCUT2D eigenvalue weighted by Crippen LogP contribution is -2.43. The molecular weight excluding hydrogens is 346 g/mol. The number of nitrogens with zero attached hydrogens (tertiary/aromatic N) is 1. The number of piperidine rings is 1. The number of hydrogen-bond donors (Lipinski definition) is 3. The van der Waals surface area contributed by atoms with Crippen molar-refractivity contribution in [3.8, 4) is 5.75 Å². The van der Waals surface area contributed by atoms with Crippen LogP contribution >= 0.6 is 12.2 Å². The van der Waals surface area contributed by atoms with E-state index in [2.05, 4.69) is 15.5 Å². The molecule has 0 spiro atoms. The molecule has 1 aliphatic rings. The number of para-hydroxylation sites is 2. The number of thiocarbonyl (C=S) groups is 1. The van der Waals surface area contributed by atoms with Gasteiger partial charge in [0.1, 0.15) is 5.75 Å². The van der Waals surface area contributed by atoms with Crippen LogP contribution in [0.1, 0.15) is 18.4 Å². The molecule has 3 rings (SSSR count). The molecule has 2 aromatic carbocycles. The van der Waals surface area contributed by atoms with Gasteiger partial charge < -0.3 is 20.6 Å². The molecule has 0 bridgehead atoms. The average molecular weight is 369 g/mol. The van der Waals surface area contributed by atoms with Crippen molar-refractivity contribution in [3.05, 3.63) is 54.1 Å². The summed E-state index contributed by atoms with van der Waals surface area (Å²) < 4.78 is 0. The number of aromatic hydroxyl groups is 1. The maximum absolute atomic E-state index is 12.4. The Kier molecular flexibility index (Phi) is 5.73. The molecule has 26 heavy (non-hydrogen) atoms. The first-order chi connectivity index (χ1) is 12.5. The van der Waals surface area contributed by atoms with Crippen molar-refractivity contribution < 1.29 is 9.90 Å². The number of carbonyl (C=O) groups is 1. The van der Waals surface area contributed by atoms with Gasteiger partial charge in [-0.05, 0) is 56.2 Å². The second-order valence-electron chi connectivity index (χ2n) is 6.56. The Morgan fingerprint density at radius 2 is 1.73 bits per heavy atom. The monoisotopic (exact) mass is 369 g/mol. The molecule has 2 aromatic rings. The van der Waals surface area contributed by atoms with Crippen LogP contribution < -0.4 is 10.6 Å². The van der Waals surface area contributed by atoms with Gasteiger partial charge in [0.2, 0.25) is 5.91 Å². The molecule has 3 N–H and O–H groups in total. The van der Waals surface area contributed by atoms with Gasteiger partial charge in [0.05, 0.1) is 5.69 Å². The maximum atomic E-state index is 12.4. The minimum absolute atomic E-state index is 0.0523. The van der Waals surface area contributed by atoms with Crippen LogP contribution in [0.5, 0.6) is 5.75 Å². The standard InChI is InChI=1S/C20H23N3O2S/c1-14-6-8-16(9-7-14)21-20(26)23-12-10-15(11-13-23)19(25)22-17-4-2-3-5-18(17)24/h2-9,15,24H,10-13H2,1H3,(H,21,26)(H,22,25). The fourth-order valence-electron chi connectivity index (χ4n) is 3.00. The van der Waals surface area contributed by atoms with Crippen molar-refractivity contribution in [3.63, 3.8) is 0 Å². The molecule has 1 amide bonds. The largest absolute Gasteiger partial charge is 0.506 e. The first-order valence-electron chi connectivity index (χ1n) is 8.74. The van der Waals surface area contributed by atoms with Crippen LogP contribution in [0.15, 0.2) is 48.5 Å². The van der Waals surface area contributed by atoms with Crippen LogP contribution in [-0.2, 0) is 4.79 Å². The lowest BCUT2D eigenvalue weighted by Gasteiger charge is -2.33. The van der Waals surface area contributed by atoms with E-state index in [0.717, 1.165) is 31.6 Å². The number of amides is 1. The van der Waals surface area contributed by atoms with E-state index in [-0.39, 0.29) is 17.6 Å². The van der Waals surface area contributed by atoms with Crippen LogP contribution in [0.25, 0.3) is 0 Å². The van der Waals surface area contributed by atoms with Gasteiger partial charge in [0, 0.05) is 24.7 Å². The third-order valence-electron chi connectivity index (χ3n) is 4.62. The first kappa shape index (κ1) is 18.2. The van der Waals surface area contributed by atoms with Crippen molar-refractivity contribution in [2.75, 3.05) is 23.7 Å². The Morgan fingerprint density at radius 1 is 1.08 bits per heavy atom. The topological polar surface area (TPSA) is 64.6 Å². The zero-order chi connectivity index (χ0) is 18.5. The van der Waals surface area contributed by atoms with Gasteiger partial charge in [-0.2, -0.15) is 0 Å². The predicted molar refractivity (Wildman–Crippen MR) is 108 cm³/mol. The molecule has 0 aromatic heterocycles. The molecule has 0 unspecified atom stereocenters. The number of aryl methyl sites for hydroxylation is 1. The summed E-state index contributed by atoms with van der Waals surface area (Å²) in [6.45, 7) is 3.51. The Balaban J connectivity index is 1.50. The third kappa shape index (κ3) is 4.52. The molecule has 1 fully saturated rings. The number of likely N-dealkylation sites (tertiary alicyclic amines) is 1. The summed E-state index contributed by atoms with van der Waals surface area (Å²) in [5, 5.41) is 16.5. The molecule has 1 saturated heterocycles. The summed E-state index contributed by atoms with van der Waals surface area (Å²) >= 11 is 5.50. The smallest absolute Gasteiger partial charge is 0.227 e. The summed E-state index contributed by atoms with van der Waals surface area (Å²) in [5.74, 6) is -0.0432. The van der Waals surface area contributed by atoms with Gasteiger partial charge in [-0.1, -0.05) is 29.8 Å². The van der Waals surface area contributed by atoms with Gasteiger partial charge in [-0.3, -0.25) is 4.79 Å². The van der Waals surface area contributed by atoms with E-state index in [9.17, 15) is 9.90 Å². The number of rotatable bonds is 3. The van der Waals surface area contributed by atoms with Gasteiger partial charge in [0.15, 0.2) is 5.11 Å². The number of phenols is 1. The van der Waals surface area contributed by atoms with E-state index in [1.807, 2.05) is 31.2 Å². The van der Waals surface area contributed by atoms with Gasteiger partial charge in [0.25, 0.3) is 0 Å². The molecule has 136 valence electrons. The molecule has 5 nitrogen and oxygen atoms in total. The zero-order valence-corrected chi connectivity index (χ0v) is 15.6. The number of anilines is 2. The Labute approximate surface area is 159 Å². The highest BCUT2D eigenvalue weighted by atomic mass is 32.1. The summed E-state index contributed by atoms with van der Waals surface area (Å²) in [4.78, 5) is 14.5. The molecule has 1 heterocycles. The van der Waals surface area contributed by atoms with E-state index in [4.69, 9.17) is 12.2 Å². The van der Waals surface area contributed by atoms with Gasteiger partial charge in [-0.15, -0.1) is 0 Å². The van der Waals surface area contributed by atoms with Crippen LogP contribution in [0.4, 0.5) is 11.4 Å². The molecule has 0 aliphatic carbocycles. The van der Waals surface area contributed by atoms with E-state index in [1.54, 1.807) is 24.3 Å². The highest BCUT2D eigenvalue weighted by Gasteiger charge is 2.26. The van der Waals surface area contributed by atoms with E-state index in [1.165, 1.54) is 5.56 Å². The lowest BCUT2D eigenvalue weighted by atomic mass is 9.96. The summed E-state index contributed by atoms with van der Waals surface area (Å²) in [5.41, 5.74) is 2.63. The van der Waals surface area contributed by atoms with Crippen molar-refractivity contribution >= 4 is 34.6 Å². The highest BCUT2D eigenvalue weighted by molar-refractivity contribution is 7.80. The van der Waals surface area contributed by atoms with E-state index < -0.39 is 0 Å². The SMILES string of the molecule is Cc1ccc(NC(=S)N2CCC(C(=O)Nc3ccccc3O)CC2)cc1. The quantitative estimate of drug-likeness (QED) is 0.568. The maximum Gasteiger partial charge on any atom is 0.227 e. The fourth-order valence-corrected chi connectivity index (χ4v) is 3.30. The predicted octanol–water partition coefficient (Wildman–Crippen LogP) is 3.75. The fraction of sp³-hybridized carbons (Fsp3) is 0.300. The van der Waals surface area contributed by atoms with Gasteiger partial charge in [-0.25, -0.2) is 0 Å². The molecule has 0 atom stereocenters. The zero-order valence-electron chi connectivity index (χ0n) is 14.7. The highest BCUT2D eigenvalue weighted by Crippen LogP contribution is 2.25. The van der Waals surface area contributed by atoms with Gasteiger partial charge >= 0.3 is 0 Å². The Hall–Kier alpha value is -2.60. The minimum Gasteiger partial charge on any atom is -0.506 e. The number of hydrogen-bond acceptors (Lipinski definition) is 3. The lowest BCUT2D eigenvalue weighted by molar-refractivity contribution is -0.121. The second-order valence-corrected chi connectivity index (χ2v) is 6.95. The Bertz CT molecular complexity index is 784. The number of carbonyl (C=O) groups excluding carboxylic acids is 1. The summed E-state index contributed by atoms with van der Waals surface area (Å²) in [6.07, 6.45) is 1.46. The molecule has 0 saturated carbocycles. The van der Waals surface area contributed by atoms with E-state index in [0.29, 0.717) is 10.8 Å². The van der Waals surface area contributed by atoms with Crippen LogP contribution in [0, 0.1) is 12.8 Å². The average Bonchev–Trinajstić information content (AvgIpc) is 2.65. The van der Waals surface area contributed by atoms with E-state index >= 15 is 0 Å². The number of benzene rings is 2. The normalized spacial score (nSPS) is 14.7. The molecular formula is C20H23N3O2S. The Morgan fingerprint density at radius 3 is 2.38 bits per heavy atom. The summed E-state index contributed by atoms with van der Waals surface area (Å²) in [6, 6.07) is 14.9. The van der Waals surface area contributed by atoms with Crippen molar-refractivity contribution in [1.29, 1.82) is 0 Å². The number of phenolic OH excluding ortho intramolecular Hbond substituents is 1. The van der Waals surface area contributed by atoms with Crippen LogP contribution in [0.3, 0.4) is 0 Å². The van der Waals surface area contributed by atoms with Crippen molar-refractivity contribution in [2.24, 2.45) is 5.92 Å². The molecule has 6 heteroatoms. The molecule has 0 radical (unpaired) electrons. The van der Waals surface area contributed by atoms with Crippen LogP contribution in [-0.4, -0.2) is 34.1 Å². The second kappa shape index (κ2) is 8.19. The third-order valence-corrected chi connectivity index (χ3v) is 4.98. The van der Waals surface area contributed by atoms with Crippen molar-refractivity contribution in [1.82, 2.24) is 4.90 Å². The molecule has 1 aliphatic heterocycles. The summed E-state index contributed by atoms with van der Waals surface area (Å²) in [7, 11) is 0. The van der Waals surface area contributed by atoms with Crippen LogP contribution in [0.2, 0.25) is 0 Å². The first-order valence-corrected chi connectivity index (χ1v) is 9.15. The minimum atomic E-state index is -0.0759.